The lowest BCUT2D eigenvalue weighted by Crippen LogP contribution is -2.43. The van der Waals surface area contributed by atoms with Crippen molar-refractivity contribution in [3.63, 3.8) is 0 Å². The van der Waals surface area contributed by atoms with Gasteiger partial charge in [-0.2, -0.15) is 0 Å². The van der Waals surface area contributed by atoms with Crippen LogP contribution < -0.4 is 4.90 Å². The van der Waals surface area contributed by atoms with Gasteiger partial charge in [0.1, 0.15) is 5.82 Å². The minimum absolute atomic E-state index is 0.113. The summed E-state index contributed by atoms with van der Waals surface area (Å²) in [5, 5.41) is 0. The van der Waals surface area contributed by atoms with Crippen LogP contribution in [0.15, 0.2) is 24.4 Å². The monoisotopic (exact) mass is 236 g/mol. The second-order valence-corrected chi connectivity index (χ2v) is 3.91. The molecule has 92 valence electrons. The lowest BCUT2D eigenvalue weighted by Gasteiger charge is -2.33. The van der Waals surface area contributed by atoms with Crippen LogP contribution in [0.1, 0.15) is 6.42 Å². The van der Waals surface area contributed by atoms with Gasteiger partial charge < -0.3 is 14.4 Å². The SMILES string of the molecule is COC(=O)C[C@H]1CN(c2ccccn2)CCO1. The highest BCUT2D eigenvalue weighted by molar-refractivity contribution is 5.69. The van der Waals surface area contributed by atoms with Gasteiger partial charge in [-0.1, -0.05) is 6.07 Å². The van der Waals surface area contributed by atoms with Gasteiger partial charge in [-0.05, 0) is 12.1 Å². The smallest absolute Gasteiger partial charge is 0.308 e. The van der Waals surface area contributed by atoms with Crippen molar-refractivity contribution in [3.05, 3.63) is 24.4 Å². The molecule has 0 aliphatic carbocycles. The fraction of sp³-hybridized carbons (Fsp3) is 0.500. The molecule has 5 heteroatoms. The number of morpholine rings is 1. The van der Waals surface area contributed by atoms with Gasteiger partial charge in [0.15, 0.2) is 0 Å². The molecule has 0 saturated carbocycles. The maximum absolute atomic E-state index is 11.2. The first kappa shape index (κ1) is 11.9. The first-order valence-electron chi connectivity index (χ1n) is 5.64. The van der Waals surface area contributed by atoms with Crippen molar-refractivity contribution in [2.24, 2.45) is 0 Å². The van der Waals surface area contributed by atoms with Crippen LogP contribution in [0.4, 0.5) is 5.82 Å². The predicted molar refractivity (Wildman–Crippen MR) is 62.8 cm³/mol. The van der Waals surface area contributed by atoms with E-state index < -0.39 is 0 Å². The summed E-state index contributed by atoms with van der Waals surface area (Å²) in [5.41, 5.74) is 0. The van der Waals surface area contributed by atoms with Crippen LogP contribution in [0.5, 0.6) is 0 Å². The van der Waals surface area contributed by atoms with E-state index in [1.165, 1.54) is 7.11 Å². The molecule has 0 unspecified atom stereocenters. The minimum Gasteiger partial charge on any atom is -0.469 e. The molecule has 5 nitrogen and oxygen atoms in total. The van der Waals surface area contributed by atoms with E-state index in [-0.39, 0.29) is 12.1 Å². The third-order valence-electron chi connectivity index (χ3n) is 2.73. The van der Waals surface area contributed by atoms with Gasteiger partial charge >= 0.3 is 5.97 Å². The van der Waals surface area contributed by atoms with Crippen LogP contribution in [-0.2, 0) is 14.3 Å². The number of nitrogens with zero attached hydrogens (tertiary/aromatic N) is 2. The molecule has 2 rings (SSSR count). The molecule has 1 aromatic heterocycles. The average Bonchev–Trinajstić information content (AvgIpc) is 2.40. The van der Waals surface area contributed by atoms with Crippen LogP contribution >= 0.6 is 0 Å². The highest BCUT2D eigenvalue weighted by Gasteiger charge is 2.23. The van der Waals surface area contributed by atoms with Gasteiger partial charge in [-0.25, -0.2) is 4.98 Å². The molecule has 0 aromatic carbocycles. The number of carbonyl (C=O) groups is 1. The second-order valence-electron chi connectivity index (χ2n) is 3.91. The van der Waals surface area contributed by atoms with Gasteiger partial charge in [0, 0.05) is 19.3 Å². The Morgan fingerprint density at radius 2 is 2.53 bits per heavy atom. The zero-order valence-electron chi connectivity index (χ0n) is 9.83. The number of anilines is 1. The molecule has 1 saturated heterocycles. The molecule has 1 atom stereocenters. The number of rotatable bonds is 3. The molecule has 2 heterocycles. The van der Waals surface area contributed by atoms with Crippen molar-refractivity contribution in [1.29, 1.82) is 0 Å². The number of methoxy groups -OCH3 is 1. The Hall–Kier alpha value is -1.62. The molecule has 0 spiro atoms. The van der Waals surface area contributed by atoms with Crippen molar-refractivity contribution >= 4 is 11.8 Å². The Morgan fingerprint density at radius 3 is 3.24 bits per heavy atom. The summed E-state index contributed by atoms with van der Waals surface area (Å²) in [5.74, 6) is 0.684. The van der Waals surface area contributed by atoms with Gasteiger partial charge in [0.25, 0.3) is 0 Å². The van der Waals surface area contributed by atoms with Crippen LogP contribution in [-0.4, -0.2) is 43.9 Å². The summed E-state index contributed by atoms with van der Waals surface area (Å²) >= 11 is 0. The van der Waals surface area contributed by atoms with Crippen molar-refractivity contribution in [2.45, 2.75) is 12.5 Å². The zero-order chi connectivity index (χ0) is 12.1. The second kappa shape index (κ2) is 5.63. The number of carbonyl (C=O) groups excluding carboxylic acids is 1. The number of aromatic nitrogens is 1. The van der Waals surface area contributed by atoms with Gasteiger partial charge in [0.2, 0.25) is 0 Å². The van der Waals surface area contributed by atoms with E-state index in [2.05, 4.69) is 14.6 Å². The summed E-state index contributed by atoms with van der Waals surface area (Å²) in [6.07, 6.45) is 1.94. The number of ether oxygens (including phenoxy) is 2. The molecule has 1 aliphatic heterocycles. The largest absolute Gasteiger partial charge is 0.469 e. The maximum Gasteiger partial charge on any atom is 0.308 e. The molecular formula is C12H16N2O3. The molecule has 0 N–H and O–H groups in total. The first-order valence-corrected chi connectivity index (χ1v) is 5.64. The lowest BCUT2D eigenvalue weighted by molar-refractivity contribution is -0.144. The van der Waals surface area contributed by atoms with E-state index in [1.54, 1.807) is 6.20 Å². The molecule has 0 bridgehead atoms. The van der Waals surface area contributed by atoms with E-state index in [0.717, 1.165) is 12.4 Å². The summed E-state index contributed by atoms with van der Waals surface area (Å²) in [4.78, 5) is 17.6. The summed E-state index contributed by atoms with van der Waals surface area (Å²) in [7, 11) is 1.39. The van der Waals surface area contributed by atoms with Crippen LogP contribution in [0.3, 0.4) is 0 Å². The van der Waals surface area contributed by atoms with Crippen LogP contribution in [0.2, 0.25) is 0 Å². The van der Waals surface area contributed by atoms with Crippen molar-refractivity contribution < 1.29 is 14.3 Å². The van der Waals surface area contributed by atoms with E-state index in [0.29, 0.717) is 19.6 Å². The predicted octanol–water partition coefficient (Wildman–Crippen LogP) is 0.850. The van der Waals surface area contributed by atoms with Gasteiger partial charge in [-0.15, -0.1) is 0 Å². The minimum atomic E-state index is -0.238. The summed E-state index contributed by atoms with van der Waals surface area (Å²) in [6.45, 7) is 2.08. The summed E-state index contributed by atoms with van der Waals surface area (Å²) < 4.78 is 10.2. The molecule has 1 aliphatic rings. The zero-order valence-corrected chi connectivity index (χ0v) is 9.83. The molecule has 1 fully saturated rings. The number of pyridine rings is 1. The quantitative estimate of drug-likeness (QED) is 0.728. The number of hydrogen-bond donors (Lipinski definition) is 0. The molecule has 1 aromatic rings. The molecule has 0 radical (unpaired) electrons. The number of esters is 1. The Morgan fingerprint density at radius 1 is 1.65 bits per heavy atom. The standard InChI is InChI=1S/C12H16N2O3/c1-16-12(15)8-10-9-14(6-7-17-10)11-4-2-3-5-13-11/h2-5,10H,6-9H2,1H3/t10-/m0/s1. The van der Waals surface area contributed by atoms with E-state index >= 15 is 0 Å². The highest BCUT2D eigenvalue weighted by atomic mass is 16.5. The third-order valence-corrected chi connectivity index (χ3v) is 2.73. The van der Waals surface area contributed by atoms with Crippen molar-refractivity contribution in [1.82, 2.24) is 4.98 Å². The van der Waals surface area contributed by atoms with E-state index in [1.807, 2.05) is 18.2 Å². The molecule has 17 heavy (non-hydrogen) atoms. The summed E-state index contributed by atoms with van der Waals surface area (Å²) in [6, 6.07) is 5.80. The van der Waals surface area contributed by atoms with Crippen molar-refractivity contribution in [2.75, 3.05) is 31.7 Å². The third kappa shape index (κ3) is 3.17. The Bertz CT molecular complexity index is 369. The maximum atomic E-state index is 11.2. The Labute approximate surface area is 100 Å². The first-order chi connectivity index (χ1) is 8.29. The normalized spacial score (nSPS) is 20.1. The molecular weight excluding hydrogens is 220 g/mol. The topological polar surface area (TPSA) is 51.7 Å². The van der Waals surface area contributed by atoms with Crippen molar-refractivity contribution in [3.8, 4) is 0 Å². The Balaban J connectivity index is 1.95. The van der Waals surface area contributed by atoms with Crippen LogP contribution in [0.25, 0.3) is 0 Å². The highest BCUT2D eigenvalue weighted by Crippen LogP contribution is 2.16. The van der Waals surface area contributed by atoms with Crippen LogP contribution in [0, 0.1) is 0 Å². The Kier molecular flexibility index (Phi) is 3.93. The molecule has 0 amide bonds. The van der Waals surface area contributed by atoms with Gasteiger partial charge in [0.05, 0.1) is 26.2 Å². The van der Waals surface area contributed by atoms with E-state index in [9.17, 15) is 4.79 Å². The average molecular weight is 236 g/mol. The number of hydrogen-bond acceptors (Lipinski definition) is 5. The lowest BCUT2D eigenvalue weighted by atomic mass is 10.2. The van der Waals surface area contributed by atoms with E-state index in [4.69, 9.17) is 4.74 Å². The van der Waals surface area contributed by atoms with Gasteiger partial charge in [-0.3, -0.25) is 4.79 Å². The fourth-order valence-corrected chi connectivity index (χ4v) is 1.86. The fourth-order valence-electron chi connectivity index (χ4n) is 1.86.